The fourth-order valence-electron chi connectivity index (χ4n) is 5.30. The van der Waals surface area contributed by atoms with Crippen molar-refractivity contribution in [2.75, 3.05) is 26.4 Å². The molecule has 54 heavy (non-hydrogen) atoms. The Kier molecular flexibility index (Phi) is 35.1. The van der Waals surface area contributed by atoms with E-state index in [2.05, 4.69) is 55.7 Å². The quantitative estimate of drug-likeness (QED) is 0.0205. The van der Waals surface area contributed by atoms with E-state index in [1.807, 2.05) is 18.2 Å². The Morgan fingerprint density at radius 3 is 1.72 bits per heavy atom. The van der Waals surface area contributed by atoms with E-state index in [1.54, 1.807) is 0 Å². The van der Waals surface area contributed by atoms with Crippen LogP contribution in [0, 0.1) is 5.92 Å². The highest BCUT2D eigenvalue weighted by Gasteiger charge is 2.27. The number of aliphatic hydroxyl groups is 3. The monoisotopic (exact) mass is 787 g/mol. The molecule has 0 aromatic carbocycles. The van der Waals surface area contributed by atoms with Gasteiger partial charge in [-0.2, -0.15) is 0 Å². The number of phosphoric acid groups is 1. The number of aliphatic hydroxyl groups excluding tert-OH is 3. The third-order valence-electron chi connectivity index (χ3n) is 8.47. The Morgan fingerprint density at radius 2 is 1.15 bits per heavy atom. The lowest BCUT2D eigenvalue weighted by Gasteiger charge is -2.20. The Bertz CT molecular complexity index is 1070. The number of hydrogen-bond acceptors (Lipinski definition) is 10. The first-order valence-electron chi connectivity index (χ1n) is 20.5. The van der Waals surface area contributed by atoms with Gasteiger partial charge in [0.25, 0.3) is 0 Å². The second kappa shape index (κ2) is 36.5. The molecule has 0 aromatic heterocycles. The van der Waals surface area contributed by atoms with E-state index < -0.39 is 51.8 Å². The number of allylic oxidation sites excluding steroid dienone is 7. The molecule has 0 aliphatic rings. The van der Waals surface area contributed by atoms with Gasteiger partial charge in [-0.05, 0) is 57.3 Å². The zero-order valence-corrected chi connectivity index (χ0v) is 34.6. The number of rotatable bonds is 37. The first kappa shape index (κ1) is 51.9. The molecule has 0 radical (unpaired) electrons. The van der Waals surface area contributed by atoms with E-state index >= 15 is 0 Å². The molecule has 0 fully saturated rings. The summed E-state index contributed by atoms with van der Waals surface area (Å²) < 4.78 is 32.6. The van der Waals surface area contributed by atoms with E-state index in [0.29, 0.717) is 25.7 Å². The molecule has 0 aliphatic carbocycles. The molecule has 0 heterocycles. The van der Waals surface area contributed by atoms with Crippen molar-refractivity contribution in [1.29, 1.82) is 0 Å². The van der Waals surface area contributed by atoms with Gasteiger partial charge in [-0.1, -0.05) is 140 Å². The van der Waals surface area contributed by atoms with Crippen LogP contribution < -0.4 is 0 Å². The molecular weight excluding hydrogens is 711 g/mol. The van der Waals surface area contributed by atoms with Crippen molar-refractivity contribution in [1.82, 2.24) is 0 Å². The zero-order valence-electron chi connectivity index (χ0n) is 33.7. The lowest BCUT2D eigenvalue weighted by Crippen LogP contribution is -2.29. The third kappa shape index (κ3) is 36.8. The Balaban J connectivity index is 4.46. The van der Waals surface area contributed by atoms with Crippen LogP contribution in [0.5, 0.6) is 0 Å². The van der Waals surface area contributed by atoms with E-state index in [0.717, 1.165) is 57.3 Å². The van der Waals surface area contributed by atoms with E-state index in [1.165, 1.54) is 44.9 Å². The summed E-state index contributed by atoms with van der Waals surface area (Å²) in [4.78, 5) is 34.9. The second-order valence-corrected chi connectivity index (χ2v) is 15.8. The smallest absolute Gasteiger partial charge is 0.462 e. The number of unbranched alkanes of at least 4 members (excludes halogenated alkanes) is 10. The molecule has 0 bridgehead atoms. The van der Waals surface area contributed by atoms with E-state index in [9.17, 15) is 29.3 Å². The molecule has 0 spiro atoms. The van der Waals surface area contributed by atoms with Gasteiger partial charge in [-0.25, -0.2) is 4.57 Å². The summed E-state index contributed by atoms with van der Waals surface area (Å²) in [6.45, 7) is 4.39. The molecule has 12 heteroatoms. The van der Waals surface area contributed by atoms with E-state index in [-0.39, 0.29) is 25.6 Å². The normalized spacial score (nSPS) is 15.1. The Morgan fingerprint density at radius 1 is 0.630 bits per heavy atom. The van der Waals surface area contributed by atoms with Gasteiger partial charge < -0.3 is 29.7 Å². The van der Waals surface area contributed by atoms with Gasteiger partial charge in [0.1, 0.15) is 12.7 Å². The van der Waals surface area contributed by atoms with Crippen molar-refractivity contribution in [2.45, 2.75) is 174 Å². The second-order valence-electron chi connectivity index (χ2n) is 14.3. The number of carbonyl (C=O) groups is 2. The molecule has 0 saturated carbocycles. The summed E-state index contributed by atoms with van der Waals surface area (Å²) in [5, 5.41) is 28.0. The summed E-state index contributed by atoms with van der Waals surface area (Å²) in [7, 11) is -4.64. The minimum Gasteiger partial charge on any atom is -0.462 e. The number of phosphoric ester groups is 1. The summed E-state index contributed by atoms with van der Waals surface area (Å²) in [6, 6.07) is 0. The summed E-state index contributed by atoms with van der Waals surface area (Å²) >= 11 is 0. The maximum Gasteiger partial charge on any atom is 0.472 e. The fraction of sp³-hybridized carbons (Fsp3) is 0.762. The molecule has 0 aromatic rings. The fourth-order valence-corrected chi connectivity index (χ4v) is 6.09. The first-order valence-corrected chi connectivity index (χ1v) is 22.0. The standard InChI is InChI=1S/C42H75O11P/c1-4-28-38(44)30-25-21-17-13-8-6-5-7-9-15-19-23-27-32-42(47)53-40(36-52-54(48,49)51-34-39(45)33-43)35-50-41(46)31-26-22-18-14-11-10-12-16-20-24-29-37(2)3/h5,7-8,13,15,19,21,25,37-40,43-45H,4,6,9-12,14,16-18,20,22-24,26-36H2,1-3H3,(H,48,49)/b7-5-,13-8-,19-15-,25-21-/t38?,39-,40+/m0/s1. The average Bonchev–Trinajstić information content (AvgIpc) is 3.13. The SMILES string of the molecule is CCCC(O)C/C=C\C/C=C\C/C=C\C/C=C\CCCC(=O)O[C@H](COC(=O)CCCCCCCCCCCCC(C)C)COP(=O)(O)OC[C@@H](O)CO. The van der Waals surface area contributed by atoms with Gasteiger partial charge in [-0.15, -0.1) is 0 Å². The van der Waals surface area contributed by atoms with Gasteiger partial charge in [0.2, 0.25) is 0 Å². The highest BCUT2D eigenvalue weighted by molar-refractivity contribution is 7.47. The largest absolute Gasteiger partial charge is 0.472 e. The van der Waals surface area contributed by atoms with Crippen molar-refractivity contribution in [3.63, 3.8) is 0 Å². The predicted molar refractivity (Wildman–Crippen MR) is 216 cm³/mol. The Labute approximate surface area is 326 Å². The lowest BCUT2D eigenvalue weighted by molar-refractivity contribution is -0.161. The van der Waals surface area contributed by atoms with Crippen molar-refractivity contribution in [2.24, 2.45) is 5.92 Å². The van der Waals surface area contributed by atoms with E-state index in [4.69, 9.17) is 19.1 Å². The third-order valence-corrected chi connectivity index (χ3v) is 9.42. The number of ether oxygens (including phenoxy) is 2. The van der Waals surface area contributed by atoms with Crippen LogP contribution in [0.15, 0.2) is 48.6 Å². The van der Waals surface area contributed by atoms with Gasteiger partial charge >= 0.3 is 19.8 Å². The Hall–Kier alpha value is -2.11. The van der Waals surface area contributed by atoms with Crippen LogP contribution in [0.2, 0.25) is 0 Å². The van der Waals surface area contributed by atoms with Gasteiger partial charge in [-0.3, -0.25) is 18.6 Å². The van der Waals surface area contributed by atoms with Crippen molar-refractivity contribution in [3.8, 4) is 0 Å². The molecule has 0 saturated heterocycles. The van der Waals surface area contributed by atoms with Crippen LogP contribution in [0.3, 0.4) is 0 Å². The summed E-state index contributed by atoms with van der Waals surface area (Å²) in [5.41, 5.74) is 0. The highest BCUT2D eigenvalue weighted by Crippen LogP contribution is 2.43. The van der Waals surface area contributed by atoms with Crippen LogP contribution in [0.25, 0.3) is 0 Å². The highest BCUT2D eigenvalue weighted by atomic mass is 31.2. The maximum absolute atomic E-state index is 12.6. The topological polar surface area (TPSA) is 169 Å². The average molecular weight is 787 g/mol. The number of carbonyl (C=O) groups excluding carboxylic acids is 2. The molecule has 0 aliphatic heterocycles. The molecule has 4 N–H and O–H groups in total. The van der Waals surface area contributed by atoms with Crippen molar-refractivity contribution >= 4 is 19.8 Å². The van der Waals surface area contributed by atoms with Crippen LogP contribution >= 0.6 is 7.82 Å². The van der Waals surface area contributed by atoms with Crippen molar-refractivity contribution in [3.05, 3.63) is 48.6 Å². The van der Waals surface area contributed by atoms with Gasteiger partial charge in [0.15, 0.2) is 6.10 Å². The molecule has 314 valence electrons. The maximum atomic E-state index is 12.6. The number of hydrogen-bond donors (Lipinski definition) is 4. The molecule has 0 amide bonds. The van der Waals surface area contributed by atoms with Crippen LogP contribution in [-0.4, -0.2) is 76.9 Å². The number of esters is 2. The molecule has 0 rings (SSSR count). The summed E-state index contributed by atoms with van der Waals surface area (Å²) in [5.74, 6) is -0.230. The van der Waals surface area contributed by atoms with Crippen LogP contribution in [0.1, 0.15) is 156 Å². The lowest BCUT2D eigenvalue weighted by atomic mass is 10.0. The minimum absolute atomic E-state index is 0.0928. The van der Waals surface area contributed by atoms with Gasteiger partial charge in [0.05, 0.1) is 25.9 Å². The molecule has 11 nitrogen and oxygen atoms in total. The molecule has 4 atom stereocenters. The predicted octanol–water partition coefficient (Wildman–Crippen LogP) is 9.38. The van der Waals surface area contributed by atoms with Crippen molar-refractivity contribution < 1.29 is 52.9 Å². The minimum atomic E-state index is -4.64. The molecule has 2 unspecified atom stereocenters. The van der Waals surface area contributed by atoms with Crippen LogP contribution in [0.4, 0.5) is 0 Å². The summed E-state index contributed by atoms with van der Waals surface area (Å²) in [6.07, 6.45) is 33.0. The molecular formula is C42H75O11P. The first-order chi connectivity index (χ1) is 26.0. The van der Waals surface area contributed by atoms with Crippen LogP contribution in [-0.2, 0) is 32.7 Å². The van der Waals surface area contributed by atoms with Gasteiger partial charge in [0, 0.05) is 12.8 Å². The zero-order chi connectivity index (χ0) is 40.1.